The summed E-state index contributed by atoms with van der Waals surface area (Å²) in [6.45, 7) is 9.60. The second kappa shape index (κ2) is 6.91. The van der Waals surface area contributed by atoms with Crippen LogP contribution in [0, 0.1) is 11.8 Å². The van der Waals surface area contributed by atoms with Crippen LogP contribution in [0.1, 0.15) is 26.1 Å². The SMILES string of the molecule is CCc1nsc(N2CCCN(C(=O)C(C)C3CNC3)CC2)n1. The van der Waals surface area contributed by atoms with Crippen molar-refractivity contribution in [2.45, 2.75) is 26.7 Å². The highest BCUT2D eigenvalue weighted by Crippen LogP contribution is 2.22. The average molecular weight is 323 g/mol. The number of hydrogen-bond acceptors (Lipinski definition) is 6. The topological polar surface area (TPSA) is 61.4 Å². The lowest BCUT2D eigenvalue weighted by molar-refractivity contribution is -0.137. The van der Waals surface area contributed by atoms with Crippen LogP contribution < -0.4 is 10.2 Å². The highest BCUT2D eigenvalue weighted by molar-refractivity contribution is 7.09. The van der Waals surface area contributed by atoms with Crippen LogP contribution in [0.4, 0.5) is 5.13 Å². The van der Waals surface area contributed by atoms with Gasteiger partial charge in [-0.2, -0.15) is 4.37 Å². The van der Waals surface area contributed by atoms with E-state index in [0.717, 1.165) is 63.1 Å². The van der Waals surface area contributed by atoms with Crippen LogP contribution in [0.3, 0.4) is 0 Å². The van der Waals surface area contributed by atoms with Crippen LogP contribution in [0.25, 0.3) is 0 Å². The van der Waals surface area contributed by atoms with Crippen molar-refractivity contribution in [2.24, 2.45) is 11.8 Å². The smallest absolute Gasteiger partial charge is 0.225 e. The molecule has 7 heteroatoms. The summed E-state index contributed by atoms with van der Waals surface area (Å²) in [6, 6.07) is 0. The first-order valence-corrected chi connectivity index (χ1v) is 9.03. The molecule has 1 unspecified atom stereocenters. The van der Waals surface area contributed by atoms with E-state index in [9.17, 15) is 4.79 Å². The molecule has 0 radical (unpaired) electrons. The second-order valence-corrected chi connectivity index (χ2v) is 6.95. The summed E-state index contributed by atoms with van der Waals surface area (Å²) >= 11 is 1.48. The Balaban J connectivity index is 1.58. The molecule has 1 atom stereocenters. The van der Waals surface area contributed by atoms with Crippen LogP contribution >= 0.6 is 11.5 Å². The Morgan fingerprint density at radius 3 is 2.82 bits per heavy atom. The lowest BCUT2D eigenvalue weighted by atomic mass is 9.88. The molecule has 22 heavy (non-hydrogen) atoms. The number of hydrogen-bond donors (Lipinski definition) is 1. The summed E-state index contributed by atoms with van der Waals surface area (Å²) in [5.74, 6) is 1.89. The Bertz CT molecular complexity index is 516. The van der Waals surface area contributed by atoms with Crippen molar-refractivity contribution >= 4 is 22.6 Å². The molecule has 1 amide bonds. The molecule has 1 aromatic rings. The fourth-order valence-electron chi connectivity index (χ4n) is 3.00. The van der Waals surface area contributed by atoms with Gasteiger partial charge in [0.25, 0.3) is 0 Å². The van der Waals surface area contributed by atoms with Crippen LogP contribution in [0.2, 0.25) is 0 Å². The maximum absolute atomic E-state index is 12.6. The predicted molar refractivity (Wildman–Crippen MR) is 88.2 cm³/mol. The quantitative estimate of drug-likeness (QED) is 0.895. The summed E-state index contributed by atoms with van der Waals surface area (Å²) in [7, 11) is 0. The Morgan fingerprint density at radius 1 is 1.36 bits per heavy atom. The number of amides is 1. The summed E-state index contributed by atoms with van der Waals surface area (Å²) < 4.78 is 4.37. The van der Waals surface area contributed by atoms with Crippen LogP contribution in [-0.2, 0) is 11.2 Å². The van der Waals surface area contributed by atoms with E-state index in [1.54, 1.807) is 0 Å². The molecule has 2 aliphatic heterocycles. The molecule has 0 saturated carbocycles. The van der Waals surface area contributed by atoms with Crippen molar-refractivity contribution in [1.29, 1.82) is 0 Å². The van der Waals surface area contributed by atoms with E-state index in [4.69, 9.17) is 0 Å². The van der Waals surface area contributed by atoms with E-state index >= 15 is 0 Å². The fourth-order valence-corrected chi connectivity index (χ4v) is 3.80. The van der Waals surface area contributed by atoms with E-state index in [2.05, 4.69) is 33.4 Å². The molecular formula is C15H25N5OS. The van der Waals surface area contributed by atoms with Crippen molar-refractivity contribution in [3.8, 4) is 0 Å². The third kappa shape index (κ3) is 3.25. The first kappa shape index (κ1) is 15.7. The molecular weight excluding hydrogens is 298 g/mol. The molecule has 2 fully saturated rings. The number of rotatable bonds is 4. The second-order valence-electron chi connectivity index (χ2n) is 6.22. The highest BCUT2D eigenvalue weighted by Gasteiger charge is 2.32. The van der Waals surface area contributed by atoms with E-state index in [1.165, 1.54) is 11.5 Å². The molecule has 122 valence electrons. The molecule has 1 N–H and O–H groups in total. The number of aryl methyl sites for hydroxylation is 1. The summed E-state index contributed by atoms with van der Waals surface area (Å²) in [5, 5.41) is 4.26. The van der Waals surface area contributed by atoms with Gasteiger partial charge in [0.1, 0.15) is 5.82 Å². The summed E-state index contributed by atoms with van der Waals surface area (Å²) in [6.07, 6.45) is 1.88. The Hall–Kier alpha value is -1.21. The first-order chi connectivity index (χ1) is 10.7. The van der Waals surface area contributed by atoms with E-state index in [0.29, 0.717) is 11.8 Å². The molecule has 2 aliphatic rings. The standard InChI is InChI=1S/C15H25N5OS/c1-3-13-17-15(22-18-13)20-6-4-5-19(7-8-20)14(21)11(2)12-9-16-10-12/h11-12,16H,3-10H2,1-2H3. The predicted octanol–water partition coefficient (Wildman–Crippen LogP) is 0.995. The van der Waals surface area contributed by atoms with Gasteiger partial charge in [-0.3, -0.25) is 4.79 Å². The number of carbonyl (C=O) groups is 1. The molecule has 0 bridgehead atoms. The molecule has 0 spiro atoms. The van der Waals surface area contributed by atoms with Crippen molar-refractivity contribution in [2.75, 3.05) is 44.2 Å². The Kier molecular flexibility index (Phi) is 4.93. The first-order valence-electron chi connectivity index (χ1n) is 8.26. The van der Waals surface area contributed by atoms with Crippen molar-refractivity contribution < 1.29 is 4.79 Å². The zero-order valence-electron chi connectivity index (χ0n) is 13.4. The van der Waals surface area contributed by atoms with Crippen molar-refractivity contribution in [3.63, 3.8) is 0 Å². The minimum absolute atomic E-state index is 0.140. The molecule has 6 nitrogen and oxygen atoms in total. The average Bonchev–Trinajstić information content (AvgIpc) is 2.82. The maximum atomic E-state index is 12.6. The number of carbonyl (C=O) groups excluding carboxylic acids is 1. The van der Waals surface area contributed by atoms with Gasteiger partial charge in [-0.1, -0.05) is 13.8 Å². The fraction of sp³-hybridized carbons (Fsp3) is 0.800. The number of aromatic nitrogens is 2. The highest BCUT2D eigenvalue weighted by atomic mass is 32.1. The lowest BCUT2D eigenvalue weighted by Crippen LogP contribution is -2.50. The van der Waals surface area contributed by atoms with Crippen molar-refractivity contribution in [3.05, 3.63) is 5.82 Å². The zero-order valence-corrected chi connectivity index (χ0v) is 14.2. The Labute approximate surface area is 136 Å². The van der Waals surface area contributed by atoms with Gasteiger partial charge in [0.2, 0.25) is 11.0 Å². The van der Waals surface area contributed by atoms with Gasteiger partial charge in [-0.25, -0.2) is 4.98 Å². The molecule has 2 saturated heterocycles. The van der Waals surface area contributed by atoms with Crippen LogP contribution in [0.15, 0.2) is 0 Å². The normalized spacial score (nSPS) is 21.4. The maximum Gasteiger partial charge on any atom is 0.225 e. The largest absolute Gasteiger partial charge is 0.345 e. The molecule has 3 rings (SSSR count). The zero-order chi connectivity index (χ0) is 15.5. The minimum Gasteiger partial charge on any atom is -0.345 e. The summed E-state index contributed by atoms with van der Waals surface area (Å²) in [5.41, 5.74) is 0. The van der Waals surface area contributed by atoms with Gasteiger partial charge in [-0.15, -0.1) is 0 Å². The number of nitrogens with zero attached hydrogens (tertiary/aromatic N) is 4. The third-order valence-corrected chi connectivity index (χ3v) is 5.58. The number of nitrogens with one attached hydrogen (secondary N) is 1. The van der Waals surface area contributed by atoms with Crippen LogP contribution in [-0.4, -0.2) is 59.4 Å². The minimum atomic E-state index is 0.140. The Morgan fingerprint density at radius 2 is 2.18 bits per heavy atom. The third-order valence-electron chi connectivity index (χ3n) is 4.76. The van der Waals surface area contributed by atoms with Gasteiger partial charge in [0, 0.05) is 50.1 Å². The lowest BCUT2D eigenvalue weighted by Gasteiger charge is -2.34. The van der Waals surface area contributed by atoms with Crippen molar-refractivity contribution in [1.82, 2.24) is 19.6 Å². The number of anilines is 1. The molecule has 0 aromatic carbocycles. The van der Waals surface area contributed by atoms with Crippen LogP contribution in [0.5, 0.6) is 0 Å². The van der Waals surface area contributed by atoms with E-state index in [-0.39, 0.29) is 5.92 Å². The van der Waals surface area contributed by atoms with Gasteiger partial charge in [-0.05, 0) is 25.4 Å². The molecule has 1 aromatic heterocycles. The van der Waals surface area contributed by atoms with Gasteiger partial charge in [0.05, 0.1) is 0 Å². The summed E-state index contributed by atoms with van der Waals surface area (Å²) in [4.78, 5) is 21.5. The van der Waals surface area contributed by atoms with Gasteiger partial charge in [0.15, 0.2) is 0 Å². The van der Waals surface area contributed by atoms with Gasteiger partial charge >= 0.3 is 0 Å². The monoisotopic (exact) mass is 323 g/mol. The van der Waals surface area contributed by atoms with E-state index < -0.39 is 0 Å². The van der Waals surface area contributed by atoms with Gasteiger partial charge < -0.3 is 15.1 Å². The molecule has 3 heterocycles. The molecule has 0 aliphatic carbocycles. The van der Waals surface area contributed by atoms with E-state index in [1.807, 2.05) is 4.90 Å².